The summed E-state index contributed by atoms with van der Waals surface area (Å²) in [6.07, 6.45) is 2.41. The summed E-state index contributed by atoms with van der Waals surface area (Å²) >= 11 is 6.22. The fraction of sp³-hybridized carbons (Fsp3) is 1.00. The summed E-state index contributed by atoms with van der Waals surface area (Å²) in [6.45, 7) is 8.75. The summed E-state index contributed by atoms with van der Waals surface area (Å²) < 4.78 is 0. The van der Waals surface area contributed by atoms with Crippen LogP contribution < -0.4 is 0 Å². The molecule has 0 aromatic carbocycles. The van der Waals surface area contributed by atoms with Crippen LogP contribution in [0.4, 0.5) is 0 Å². The second-order valence-electron chi connectivity index (χ2n) is 3.64. The predicted molar refractivity (Wildman–Crippen MR) is 45.7 cm³/mol. The first-order valence-corrected chi connectivity index (χ1v) is 7.70. The fourth-order valence-corrected chi connectivity index (χ4v) is 2.77. The topological polar surface area (TPSA) is 0 Å². The molecule has 0 bridgehead atoms. The van der Waals surface area contributed by atoms with Crippen molar-refractivity contribution >= 4 is 17.2 Å². The molecule has 0 aliphatic rings. The molecule has 0 atom stereocenters. The third kappa shape index (κ3) is 6.72. The van der Waals surface area contributed by atoms with Crippen LogP contribution in [0.2, 0.25) is 0 Å². The van der Waals surface area contributed by atoms with Crippen molar-refractivity contribution in [3.05, 3.63) is 0 Å². The van der Waals surface area contributed by atoms with Crippen LogP contribution in [0.1, 0.15) is 13.3 Å². The van der Waals surface area contributed by atoms with Gasteiger partial charge in [-0.2, -0.15) is 0 Å². The van der Waals surface area contributed by atoms with Gasteiger partial charge in [0.15, 0.2) is 0 Å². The first-order chi connectivity index (χ1) is 3.31. The molecule has 0 aliphatic heterocycles. The molecular formula is C6H16ClP. The summed E-state index contributed by atoms with van der Waals surface area (Å²) in [5, 5.41) is 0. The minimum absolute atomic E-state index is 1.20. The molecule has 8 heavy (non-hydrogen) atoms. The third-order valence-corrected chi connectivity index (χ3v) is 3.44. The van der Waals surface area contributed by atoms with E-state index in [0.717, 1.165) is 0 Å². The van der Waals surface area contributed by atoms with Gasteiger partial charge in [0.05, 0.1) is 0 Å². The molecule has 0 heterocycles. The van der Waals surface area contributed by atoms with E-state index >= 15 is 0 Å². The quantitative estimate of drug-likeness (QED) is 0.537. The average molecular weight is 155 g/mol. The first-order valence-electron chi connectivity index (χ1n) is 3.03. The summed E-state index contributed by atoms with van der Waals surface area (Å²) in [4.78, 5) is 0. The van der Waals surface area contributed by atoms with Crippen molar-refractivity contribution in [1.82, 2.24) is 0 Å². The van der Waals surface area contributed by atoms with Crippen LogP contribution in [0.15, 0.2) is 0 Å². The first kappa shape index (κ1) is 8.72. The Labute approximate surface area is 57.3 Å². The molecule has 0 nitrogen and oxygen atoms in total. The van der Waals surface area contributed by atoms with Crippen LogP contribution in [-0.2, 0) is 0 Å². The van der Waals surface area contributed by atoms with Crippen LogP contribution in [0.3, 0.4) is 0 Å². The van der Waals surface area contributed by atoms with Gasteiger partial charge < -0.3 is 0 Å². The zero-order valence-electron chi connectivity index (χ0n) is 6.24. The van der Waals surface area contributed by atoms with E-state index in [1.807, 2.05) is 0 Å². The molecule has 0 rings (SSSR count). The predicted octanol–water partition coefficient (Wildman–Crippen LogP) is 2.99. The molecular weight excluding hydrogens is 138 g/mol. The molecule has 0 N–H and O–H groups in total. The molecule has 0 saturated heterocycles. The maximum absolute atomic E-state index is 6.22. The Morgan fingerprint density at radius 3 is 1.62 bits per heavy atom. The normalized spacial score (nSPS) is 17.4. The molecule has 0 amide bonds. The zero-order chi connectivity index (χ0) is 6.86. The Balaban J connectivity index is 3.73. The Morgan fingerprint density at radius 1 is 1.25 bits per heavy atom. The van der Waals surface area contributed by atoms with Crippen LogP contribution >= 0.6 is 17.2 Å². The van der Waals surface area contributed by atoms with Gasteiger partial charge in [-0.25, -0.2) is 0 Å². The molecule has 2 heteroatoms. The van der Waals surface area contributed by atoms with Crippen molar-refractivity contribution in [3.8, 4) is 0 Å². The van der Waals surface area contributed by atoms with Gasteiger partial charge in [0, 0.05) is 0 Å². The van der Waals surface area contributed by atoms with E-state index in [1.54, 1.807) is 0 Å². The molecule has 0 aliphatic carbocycles. The summed E-state index contributed by atoms with van der Waals surface area (Å²) in [6, 6.07) is 0. The van der Waals surface area contributed by atoms with Crippen LogP contribution in [0.25, 0.3) is 0 Å². The van der Waals surface area contributed by atoms with E-state index in [2.05, 4.69) is 26.9 Å². The van der Waals surface area contributed by atoms with Crippen LogP contribution in [0, 0.1) is 0 Å². The van der Waals surface area contributed by atoms with E-state index in [1.165, 1.54) is 12.6 Å². The fourth-order valence-electron chi connectivity index (χ4n) is 0.755. The van der Waals surface area contributed by atoms with Crippen molar-refractivity contribution in [2.75, 3.05) is 26.2 Å². The molecule has 0 radical (unpaired) electrons. The average Bonchev–Trinajstić information content (AvgIpc) is 1.25. The van der Waals surface area contributed by atoms with Gasteiger partial charge in [-0.3, -0.25) is 0 Å². The summed E-state index contributed by atoms with van der Waals surface area (Å²) in [5.41, 5.74) is 0. The molecule has 0 spiro atoms. The van der Waals surface area contributed by atoms with E-state index in [0.29, 0.717) is 0 Å². The molecule has 52 valence electrons. The van der Waals surface area contributed by atoms with Crippen molar-refractivity contribution in [3.63, 3.8) is 0 Å². The monoisotopic (exact) mass is 154 g/mol. The second-order valence-corrected chi connectivity index (χ2v) is 13.7. The molecule has 0 fully saturated rings. The number of hydrogen-bond acceptors (Lipinski definition) is 0. The van der Waals surface area contributed by atoms with Crippen LogP contribution in [0.5, 0.6) is 0 Å². The van der Waals surface area contributed by atoms with Gasteiger partial charge in [0.2, 0.25) is 0 Å². The second kappa shape index (κ2) is 2.15. The number of rotatable bonds is 2. The summed E-state index contributed by atoms with van der Waals surface area (Å²) in [7, 11) is 0. The maximum atomic E-state index is 6.22. The molecule has 0 saturated carbocycles. The summed E-state index contributed by atoms with van der Waals surface area (Å²) in [5.74, 6) is -1.63. The van der Waals surface area contributed by atoms with E-state index in [4.69, 9.17) is 11.2 Å². The number of halogens is 1. The van der Waals surface area contributed by atoms with Gasteiger partial charge in [0.1, 0.15) is 0 Å². The van der Waals surface area contributed by atoms with Gasteiger partial charge in [0.25, 0.3) is 0 Å². The van der Waals surface area contributed by atoms with Gasteiger partial charge in [-0.15, -0.1) is 0 Å². The van der Waals surface area contributed by atoms with Gasteiger partial charge >= 0.3 is 56.7 Å². The Bertz CT molecular complexity index is 71.0. The van der Waals surface area contributed by atoms with Gasteiger partial charge in [-0.1, -0.05) is 0 Å². The van der Waals surface area contributed by atoms with E-state index in [-0.39, 0.29) is 0 Å². The Morgan fingerprint density at radius 2 is 1.62 bits per heavy atom. The number of hydrogen-bond donors (Lipinski definition) is 0. The SMILES string of the molecule is CCCP(C)(C)(C)Cl. The standard InChI is InChI=1S/C6H16ClP/c1-5-6-8(2,3,4)7/h5-6H2,1-4H3. The van der Waals surface area contributed by atoms with E-state index < -0.39 is 5.96 Å². The van der Waals surface area contributed by atoms with Gasteiger partial charge in [-0.05, 0) is 0 Å². The molecule has 0 aromatic heterocycles. The van der Waals surface area contributed by atoms with Crippen molar-refractivity contribution in [2.24, 2.45) is 0 Å². The Hall–Kier alpha value is 0.720. The third-order valence-electron chi connectivity index (χ3n) is 0.979. The van der Waals surface area contributed by atoms with Crippen molar-refractivity contribution in [1.29, 1.82) is 0 Å². The molecule has 0 aromatic rings. The van der Waals surface area contributed by atoms with Crippen LogP contribution in [-0.4, -0.2) is 26.2 Å². The Kier molecular flexibility index (Phi) is 2.35. The van der Waals surface area contributed by atoms with Crippen molar-refractivity contribution < 1.29 is 0 Å². The van der Waals surface area contributed by atoms with Crippen molar-refractivity contribution in [2.45, 2.75) is 13.3 Å². The van der Waals surface area contributed by atoms with E-state index in [9.17, 15) is 0 Å². The minimum atomic E-state index is -1.63. The molecule has 0 unspecified atom stereocenters. The zero-order valence-corrected chi connectivity index (χ0v) is 7.89.